The molecular weight excluding hydrogens is 413 g/mol. The first-order chi connectivity index (χ1) is 14.6. The van der Waals surface area contributed by atoms with Gasteiger partial charge in [0.2, 0.25) is 0 Å². The number of nitriles is 1. The van der Waals surface area contributed by atoms with Gasteiger partial charge < -0.3 is 15.3 Å². The zero-order valence-corrected chi connectivity index (χ0v) is 16.5. The number of carboxylic acid groups (broad SMARTS) is 1. The van der Waals surface area contributed by atoms with Crippen molar-refractivity contribution in [2.45, 2.75) is 38.1 Å². The molecule has 0 saturated carbocycles. The zero-order chi connectivity index (χ0) is 22.8. The summed E-state index contributed by atoms with van der Waals surface area (Å²) >= 11 is 0. The zero-order valence-electron chi connectivity index (χ0n) is 16.5. The third kappa shape index (κ3) is 5.00. The van der Waals surface area contributed by atoms with Crippen molar-refractivity contribution in [2.24, 2.45) is 0 Å². The molecule has 0 radical (unpaired) electrons. The largest absolute Gasteiger partial charge is 0.490 e. The fourth-order valence-corrected chi connectivity index (χ4v) is 3.62. The van der Waals surface area contributed by atoms with Crippen molar-refractivity contribution < 1.29 is 27.9 Å². The first-order valence-electron chi connectivity index (χ1n) is 9.44. The van der Waals surface area contributed by atoms with Crippen molar-refractivity contribution in [1.82, 2.24) is 15.2 Å². The van der Waals surface area contributed by atoms with E-state index >= 15 is 0 Å². The predicted molar refractivity (Wildman–Crippen MR) is 104 cm³/mol. The van der Waals surface area contributed by atoms with Crippen LogP contribution in [0, 0.1) is 11.3 Å². The Morgan fingerprint density at radius 2 is 1.97 bits per heavy atom. The number of aliphatic carboxylic acids is 1. The Morgan fingerprint density at radius 3 is 2.55 bits per heavy atom. The number of hydrogen-bond donors (Lipinski definition) is 2. The highest BCUT2D eigenvalue weighted by molar-refractivity contribution is 5.99. The van der Waals surface area contributed by atoms with E-state index in [2.05, 4.69) is 23.3 Å². The number of carboxylic acids is 1. The van der Waals surface area contributed by atoms with E-state index in [-0.39, 0.29) is 11.9 Å². The van der Waals surface area contributed by atoms with Gasteiger partial charge in [0.1, 0.15) is 11.8 Å². The van der Waals surface area contributed by atoms with Crippen LogP contribution >= 0.6 is 0 Å². The molecule has 1 saturated heterocycles. The standard InChI is InChI=1S/C19H18N4O.C2HF3O2/c1-12-6-17(10-22-12)23-11-15-3-2-13(8-18(15)19(23)24)14-4-5-21-16(7-14)9-20;3-2(4,5)1(6)7/h2-5,7-8,12,17,22H,6,10-11H2,1H3;(H,6,7)/t12-,17-;/m1./s1. The molecule has 10 heteroatoms. The van der Waals surface area contributed by atoms with E-state index in [4.69, 9.17) is 15.2 Å². The Bertz CT molecular complexity index is 1050. The summed E-state index contributed by atoms with van der Waals surface area (Å²) < 4.78 is 31.7. The van der Waals surface area contributed by atoms with Crippen LogP contribution in [0.2, 0.25) is 0 Å². The molecule has 0 aliphatic carbocycles. The number of pyridine rings is 1. The fraction of sp³-hybridized carbons (Fsp3) is 0.333. The van der Waals surface area contributed by atoms with Gasteiger partial charge >= 0.3 is 12.1 Å². The molecule has 3 heterocycles. The first-order valence-corrected chi connectivity index (χ1v) is 9.44. The van der Waals surface area contributed by atoms with Gasteiger partial charge in [-0.2, -0.15) is 18.4 Å². The Morgan fingerprint density at radius 1 is 1.29 bits per heavy atom. The predicted octanol–water partition coefficient (Wildman–Crippen LogP) is 2.96. The lowest BCUT2D eigenvalue weighted by molar-refractivity contribution is -0.192. The lowest BCUT2D eigenvalue weighted by Gasteiger charge is -2.22. The van der Waals surface area contributed by atoms with Gasteiger partial charge in [0.15, 0.2) is 0 Å². The van der Waals surface area contributed by atoms with Crippen molar-refractivity contribution in [2.75, 3.05) is 6.54 Å². The van der Waals surface area contributed by atoms with Gasteiger partial charge in [-0.15, -0.1) is 0 Å². The molecule has 31 heavy (non-hydrogen) atoms. The second-order valence-corrected chi connectivity index (χ2v) is 7.35. The molecule has 2 N–H and O–H groups in total. The third-order valence-corrected chi connectivity index (χ3v) is 5.16. The molecule has 0 bridgehead atoms. The van der Waals surface area contributed by atoms with E-state index in [0.29, 0.717) is 18.3 Å². The molecule has 2 aliphatic heterocycles. The van der Waals surface area contributed by atoms with Crippen LogP contribution in [0.4, 0.5) is 13.2 Å². The fourth-order valence-electron chi connectivity index (χ4n) is 3.62. The van der Waals surface area contributed by atoms with Crippen LogP contribution in [-0.2, 0) is 11.3 Å². The summed E-state index contributed by atoms with van der Waals surface area (Å²) in [4.78, 5) is 27.7. The van der Waals surface area contributed by atoms with E-state index < -0.39 is 12.1 Å². The third-order valence-electron chi connectivity index (χ3n) is 5.16. The number of amides is 1. The highest BCUT2D eigenvalue weighted by Crippen LogP contribution is 2.31. The summed E-state index contributed by atoms with van der Waals surface area (Å²) in [6.45, 7) is 3.71. The lowest BCUT2D eigenvalue weighted by Crippen LogP contribution is -2.36. The number of halogens is 3. The number of alkyl halides is 3. The minimum atomic E-state index is -5.08. The lowest BCUT2D eigenvalue weighted by atomic mass is 10.0. The van der Waals surface area contributed by atoms with Crippen LogP contribution < -0.4 is 5.32 Å². The quantitative estimate of drug-likeness (QED) is 0.756. The molecule has 1 amide bonds. The SMILES string of the molecule is C[C@@H]1C[C@@H](N2Cc3ccc(-c4ccnc(C#N)c4)cc3C2=O)CN1.O=C(O)C(F)(F)F. The monoisotopic (exact) mass is 432 g/mol. The number of benzene rings is 1. The second-order valence-electron chi connectivity index (χ2n) is 7.35. The van der Waals surface area contributed by atoms with Crippen molar-refractivity contribution >= 4 is 11.9 Å². The average Bonchev–Trinajstić information content (AvgIpc) is 3.30. The summed E-state index contributed by atoms with van der Waals surface area (Å²) in [6.07, 6.45) is -2.46. The Labute approximate surface area is 176 Å². The normalized spacial score (nSPS) is 20.0. The van der Waals surface area contributed by atoms with Crippen molar-refractivity contribution in [3.8, 4) is 17.2 Å². The molecule has 2 aliphatic rings. The summed E-state index contributed by atoms with van der Waals surface area (Å²) in [5, 5.41) is 19.5. The van der Waals surface area contributed by atoms with Crippen LogP contribution in [0.25, 0.3) is 11.1 Å². The van der Waals surface area contributed by atoms with E-state index in [1.165, 1.54) is 0 Å². The molecule has 2 atom stereocenters. The van der Waals surface area contributed by atoms with Crippen LogP contribution in [-0.4, -0.2) is 51.7 Å². The van der Waals surface area contributed by atoms with Crippen LogP contribution in [0.3, 0.4) is 0 Å². The molecule has 2 aromatic rings. The van der Waals surface area contributed by atoms with E-state index in [9.17, 15) is 18.0 Å². The first kappa shape index (κ1) is 22.2. The molecule has 7 nitrogen and oxygen atoms in total. The van der Waals surface area contributed by atoms with Gasteiger partial charge in [0.25, 0.3) is 5.91 Å². The van der Waals surface area contributed by atoms with Gasteiger partial charge in [0.05, 0.1) is 0 Å². The van der Waals surface area contributed by atoms with E-state index in [1.807, 2.05) is 29.2 Å². The number of nitrogens with zero attached hydrogens (tertiary/aromatic N) is 3. The van der Waals surface area contributed by atoms with Gasteiger partial charge in [0, 0.05) is 36.9 Å². The minimum absolute atomic E-state index is 0.113. The van der Waals surface area contributed by atoms with Crippen LogP contribution in [0.5, 0.6) is 0 Å². The summed E-state index contributed by atoms with van der Waals surface area (Å²) in [7, 11) is 0. The molecule has 1 fully saturated rings. The van der Waals surface area contributed by atoms with Crippen molar-refractivity contribution in [3.05, 3.63) is 53.3 Å². The maximum Gasteiger partial charge on any atom is 0.490 e. The number of aromatic nitrogens is 1. The van der Waals surface area contributed by atoms with Gasteiger partial charge in [-0.3, -0.25) is 4.79 Å². The molecular formula is C21H19F3N4O3. The Hall–Kier alpha value is -3.45. The second kappa shape index (κ2) is 8.73. The molecule has 1 aromatic carbocycles. The Kier molecular flexibility index (Phi) is 6.27. The number of hydrogen-bond acceptors (Lipinski definition) is 5. The molecule has 4 rings (SSSR count). The van der Waals surface area contributed by atoms with E-state index in [1.54, 1.807) is 12.3 Å². The maximum absolute atomic E-state index is 12.8. The molecule has 0 spiro atoms. The van der Waals surface area contributed by atoms with Gasteiger partial charge in [-0.25, -0.2) is 9.78 Å². The number of rotatable bonds is 2. The maximum atomic E-state index is 12.8. The highest BCUT2D eigenvalue weighted by atomic mass is 19.4. The molecule has 1 aromatic heterocycles. The average molecular weight is 432 g/mol. The highest BCUT2D eigenvalue weighted by Gasteiger charge is 2.38. The summed E-state index contributed by atoms with van der Waals surface area (Å²) in [5.41, 5.74) is 4.10. The number of carbonyl (C=O) groups is 2. The van der Waals surface area contributed by atoms with Crippen molar-refractivity contribution in [3.63, 3.8) is 0 Å². The topological polar surface area (TPSA) is 106 Å². The summed E-state index contributed by atoms with van der Waals surface area (Å²) in [6, 6.07) is 12.4. The number of fused-ring (bicyclic) bond motifs is 1. The van der Waals surface area contributed by atoms with E-state index in [0.717, 1.165) is 35.2 Å². The molecule has 0 unspecified atom stereocenters. The van der Waals surface area contributed by atoms with Crippen LogP contribution in [0.15, 0.2) is 36.5 Å². The molecule has 162 valence electrons. The van der Waals surface area contributed by atoms with Gasteiger partial charge in [-0.05, 0) is 48.2 Å². The van der Waals surface area contributed by atoms with Gasteiger partial charge in [-0.1, -0.05) is 12.1 Å². The smallest absolute Gasteiger partial charge is 0.475 e. The van der Waals surface area contributed by atoms with Crippen molar-refractivity contribution in [1.29, 1.82) is 5.26 Å². The summed E-state index contributed by atoms with van der Waals surface area (Å²) in [5.74, 6) is -2.64. The Balaban J connectivity index is 0.000000339. The minimum Gasteiger partial charge on any atom is -0.475 e. The number of carbonyl (C=O) groups excluding carboxylic acids is 1. The number of nitrogens with one attached hydrogen (secondary N) is 1. The van der Waals surface area contributed by atoms with Crippen LogP contribution in [0.1, 0.15) is 35.0 Å².